The van der Waals surface area contributed by atoms with Crippen molar-refractivity contribution in [1.82, 2.24) is 0 Å². The predicted molar refractivity (Wildman–Crippen MR) is 73.5 cm³/mol. The molecule has 0 saturated carbocycles. The van der Waals surface area contributed by atoms with E-state index in [2.05, 4.69) is 43.9 Å². The van der Waals surface area contributed by atoms with Gasteiger partial charge in [-0.3, -0.25) is 0 Å². The van der Waals surface area contributed by atoms with E-state index < -0.39 is 8.07 Å². The second-order valence-corrected chi connectivity index (χ2v) is 11.4. The molecule has 0 aliphatic heterocycles. The van der Waals surface area contributed by atoms with Gasteiger partial charge in [-0.2, -0.15) is 0 Å². The van der Waals surface area contributed by atoms with E-state index in [1.807, 2.05) is 6.07 Å². The summed E-state index contributed by atoms with van der Waals surface area (Å²) in [6.07, 6.45) is 2.75. The van der Waals surface area contributed by atoms with Crippen LogP contribution in [0.4, 0.5) is 0 Å². The van der Waals surface area contributed by atoms with Crippen LogP contribution in [0.3, 0.4) is 0 Å². The van der Waals surface area contributed by atoms with Gasteiger partial charge in [0.05, 0.1) is 6.10 Å². The lowest BCUT2D eigenvalue weighted by Crippen LogP contribution is -2.22. The first kappa shape index (κ1) is 13.5. The summed E-state index contributed by atoms with van der Waals surface area (Å²) in [5, 5.41) is 9.90. The molecule has 1 aromatic carbocycles. The maximum absolute atomic E-state index is 9.90. The van der Waals surface area contributed by atoms with E-state index in [4.69, 9.17) is 0 Å². The van der Waals surface area contributed by atoms with Crippen molar-refractivity contribution in [2.24, 2.45) is 0 Å². The second-order valence-electron chi connectivity index (χ2n) is 5.78. The molecule has 1 aromatic rings. The van der Waals surface area contributed by atoms with Gasteiger partial charge >= 0.3 is 0 Å². The van der Waals surface area contributed by atoms with Crippen molar-refractivity contribution in [3.8, 4) is 0 Å². The molecule has 0 radical (unpaired) electrons. The lowest BCUT2D eigenvalue weighted by Gasteiger charge is -2.18. The summed E-state index contributed by atoms with van der Waals surface area (Å²) in [5.74, 6) is 0. The maximum atomic E-state index is 9.90. The Bertz CT molecular complexity index is 289. The first-order valence-corrected chi connectivity index (χ1v) is 9.90. The van der Waals surface area contributed by atoms with Crippen molar-refractivity contribution in [3.63, 3.8) is 0 Å². The fourth-order valence-electron chi connectivity index (χ4n) is 1.72. The van der Waals surface area contributed by atoms with Crippen LogP contribution in [0.25, 0.3) is 0 Å². The summed E-state index contributed by atoms with van der Waals surface area (Å²) in [6, 6.07) is 11.6. The number of aryl methyl sites for hydroxylation is 1. The van der Waals surface area contributed by atoms with Gasteiger partial charge in [-0.1, -0.05) is 56.0 Å². The molecule has 16 heavy (non-hydrogen) atoms. The lowest BCUT2D eigenvalue weighted by atomic mass is 10.1. The average Bonchev–Trinajstić information content (AvgIpc) is 2.24. The highest BCUT2D eigenvalue weighted by atomic mass is 28.3. The second kappa shape index (κ2) is 6.21. The Hall–Kier alpha value is -0.603. The molecule has 0 bridgehead atoms. The van der Waals surface area contributed by atoms with Gasteiger partial charge in [-0.05, 0) is 24.8 Å². The summed E-state index contributed by atoms with van der Waals surface area (Å²) in [7, 11) is -0.988. The lowest BCUT2D eigenvalue weighted by molar-refractivity contribution is 0.160. The molecular formula is C14H24OSi. The van der Waals surface area contributed by atoms with E-state index in [1.54, 1.807) is 0 Å². The van der Waals surface area contributed by atoms with Gasteiger partial charge in [-0.25, -0.2) is 0 Å². The minimum Gasteiger partial charge on any atom is -0.393 e. The molecule has 0 aromatic heterocycles. The Labute approximate surface area is 101 Å². The fraction of sp³-hybridized carbons (Fsp3) is 0.571. The van der Waals surface area contributed by atoms with Crippen LogP contribution in [0.1, 0.15) is 18.4 Å². The van der Waals surface area contributed by atoms with E-state index in [0.717, 1.165) is 19.3 Å². The minimum absolute atomic E-state index is 0.119. The number of aliphatic hydroxyl groups is 1. The molecule has 0 aliphatic carbocycles. The van der Waals surface area contributed by atoms with Crippen LogP contribution >= 0.6 is 0 Å². The maximum Gasteiger partial charge on any atom is 0.0540 e. The normalized spacial score (nSPS) is 13.8. The van der Waals surface area contributed by atoms with Gasteiger partial charge in [0, 0.05) is 8.07 Å². The monoisotopic (exact) mass is 236 g/mol. The molecule has 1 unspecified atom stereocenters. The van der Waals surface area contributed by atoms with Gasteiger partial charge < -0.3 is 5.11 Å². The van der Waals surface area contributed by atoms with Crippen LogP contribution in [-0.4, -0.2) is 19.3 Å². The summed E-state index contributed by atoms with van der Waals surface area (Å²) >= 11 is 0. The summed E-state index contributed by atoms with van der Waals surface area (Å²) in [5.41, 5.74) is 1.33. The SMILES string of the molecule is C[Si](C)(C)CCC(O)CCc1ccccc1. The Balaban J connectivity index is 2.23. The van der Waals surface area contributed by atoms with Crippen LogP contribution in [0.5, 0.6) is 0 Å². The van der Waals surface area contributed by atoms with Crippen molar-refractivity contribution < 1.29 is 5.11 Å². The molecule has 2 heteroatoms. The Morgan fingerprint density at radius 3 is 2.25 bits per heavy atom. The van der Waals surface area contributed by atoms with E-state index in [1.165, 1.54) is 11.6 Å². The van der Waals surface area contributed by atoms with Gasteiger partial charge in [0.15, 0.2) is 0 Å². The third-order valence-corrected chi connectivity index (χ3v) is 4.63. The Morgan fingerprint density at radius 2 is 1.69 bits per heavy atom. The predicted octanol–water partition coefficient (Wildman–Crippen LogP) is 3.71. The minimum atomic E-state index is -0.988. The highest BCUT2D eigenvalue weighted by Gasteiger charge is 2.15. The van der Waals surface area contributed by atoms with Crippen LogP contribution in [-0.2, 0) is 6.42 Å². The third-order valence-electron chi connectivity index (χ3n) is 2.84. The molecule has 0 spiro atoms. The molecule has 0 fully saturated rings. The van der Waals surface area contributed by atoms with Crippen molar-refractivity contribution >= 4 is 8.07 Å². The molecule has 0 aliphatic rings. The van der Waals surface area contributed by atoms with E-state index in [9.17, 15) is 5.11 Å². The van der Waals surface area contributed by atoms with Gasteiger partial charge in [0.2, 0.25) is 0 Å². The van der Waals surface area contributed by atoms with Gasteiger partial charge in [-0.15, -0.1) is 0 Å². The molecule has 0 saturated heterocycles. The molecule has 90 valence electrons. The first-order valence-electron chi connectivity index (χ1n) is 6.19. The molecule has 1 rings (SSSR count). The summed E-state index contributed by atoms with van der Waals surface area (Å²) < 4.78 is 0. The number of hydrogen-bond acceptors (Lipinski definition) is 1. The number of hydrogen-bond donors (Lipinski definition) is 1. The quantitative estimate of drug-likeness (QED) is 0.747. The molecule has 1 atom stereocenters. The van der Waals surface area contributed by atoms with E-state index in [0.29, 0.717) is 0 Å². The van der Waals surface area contributed by atoms with Crippen molar-refractivity contribution in [2.45, 2.75) is 51.1 Å². The van der Waals surface area contributed by atoms with E-state index in [-0.39, 0.29) is 6.10 Å². The number of benzene rings is 1. The highest BCUT2D eigenvalue weighted by Crippen LogP contribution is 2.15. The summed E-state index contributed by atoms with van der Waals surface area (Å²) in [6.45, 7) is 7.07. The van der Waals surface area contributed by atoms with Gasteiger partial charge in [0.25, 0.3) is 0 Å². The average molecular weight is 236 g/mol. The van der Waals surface area contributed by atoms with Crippen molar-refractivity contribution in [1.29, 1.82) is 0 Å². The molecule has 0 amide bonds. The topological polar surface area (TPSA) is 20.2 Å². The number of rotatable bonds is 6. The summed E-state index contributed by atoms with van der Waals surface area (Å²) in [4.78, 5) is 0. The molecular weight excluding hydrogens is 212 g/mol. The fourth-order valence-corrected chi connectivity index (χ4v) is 2.92. The number of aliphatic hydroxyl groups excluding tert-OH is 1. The smallest absolute Gasteiger partial charge is 0.0540 e. The Morgan fingerprint density at radius 1 is 1.06 bits per heavy atom. The zero-order valence-corrected chi connectivity index (χ0v) is 11.7. The van der Waals surface area contributed by atoms with Crippen LogP contribution in [0.15, 0.2) is 30.3 Å². The third kappa shape index (κ3) is 6.08. The highest BCUT2D eigenvalue weighted by molar-refractivity contribution is 6.76. The van der Waals surface area contributed by atoms with Crippen molar-refractivity contribution in [2.75, 3.05) is 0 Å². The molecule has 0 heterocycles. The molecule has 1 N–H and O–H groups in total. The zero-order chi connectivity index (χ0) is 12.0. The van der Waals surface area contributed by atoms with Crippen molar-refractivity contribution in [3.05, 3.63) is 35.9 Å². The largest absolute Gasteiger partial charge is 0.393 e. The molecule has 1 nitrogen and oxygen atoms in total. The zero-order valence-electron chi connectivity index (χ0n) is 10.7. The first-order chi connectivity index (χ1) is 7.47. The van der Waals surface area contributed by atoms with Gasteiger partial charge in [0.1, 0.15) is 0 Å². The van der Waals surface area contributed by atoms with Crippen LogP contribution in [0.2, 0.25) is 25.7 Å². The van der Waals surface area contributed by atoms with E-state index >= 15 is 0 Å². The standard InChI is InChI=1S/C14H24OSi/c1-16(2,3)12-11-14(15)10-9-13-7-5-4-6-8-13/h4-8,14-15H,9-12H2,1-3H3. The van der Waals surface area contributed by atoms with Crippen LogP contribution in [0, 0.1) is 0 Å². The Kier molecular flexibility index (Phi) is 5.23. The van der Waals surface area contributed by atoms with Crippen LogP contribution < -0.4 is 0 Å².